The van der Waals surface area contributed by atoms with Gasteiger partial charge < -0.3 is 20.7 Å². The predicted molar refractivity (Wildman–Crippen MR) is 66.5 cm³/mol. The van der Waals surface area contributed by atoms with E-state index in [4.69, 9.17) is 10.5 Å². The van der Waals surface area contributed by atoms with E-state index in [0.717, 1.165) is 10.9 Å². The van der Waals surface area contributed by atoms with E-state index in [0.29, 0.717) is 0 Å². The molecule has 0 radical (unpaired) electrons. The fourth-order valence-corrected chi connectivity index (χ4v) is 2.41. The number of hydrogen-bond acceptors (Lipinski definition) is 7. The van der Waals surface area contributed by atoms with Crippen LogP contribution < -0.4 is 5.73 Å². The predicted octanol–water partition coefficient (Wildman–Crippen LogP) is -0.524. The molecule has 0 bridgehead atoms. The van der Waals surface area contributed by atoms with Gasteiger partial charge in [0.25, 0.3) is 0 Å². The van der Waals surface area contributed by atoms with E-state index in [1.165, 1.54) is 0 Å². The Morgan fingerprint density at radius 3 is 2.77 bits per heavy atom. The summed E-state index contributed by atoms with van der Waals surface area (Å²) in [6.07, 6.45) is -5.63. The maximum atomic E-state index is 14.3. The lowest BCUT2D eigenvalue weighted by Crippen LogP contribution is -2.47. The number of aromatic nitrogens is 4. The minimum atomic E-state index is -2.10. The number of imidazole rings is 1. The van der Waals surface area contributed by atoms with Gasteiger partial charge in [0, 0.05) is 0 Å². The maximum absolute atomic E-state index is 14.3. The Hall–Kier alpha value is -1.98. The molecule has 0 spiro atoms. The highest BCUT2D eigenvalue weighted by Gasteiger charge is 2.56. The van der Waals surface area contributed by atoms with Crippen LogP contribution in [0.3, 0.4) is 0 Å². The maximum Gasteiger partial charge on any atom is 0.312 e. The van der Waals surface area contributed by atoms with Gasteiger partial charge in [-0.1, -0.05) is 0 Å². The average Bonchev–Trinajstić information content (AvgIpc) is 3.01. The SMILES string of the molecule is Nc1nc(F)nc2c1ncn2[C@@H]1O[C@@](CO)(CF)[C@@H](O)[C@@H]1F. The number of rotatable bonds is 3. The summed E-state index contributed by atoms with van der Waals surface area (Å²) in [6.45, 7) is -2.24. The molecule has 1 fully saturated rings. The van der Waals surface area contributed by atoms with Crippen LogP contribution in [0.1, 0.15) is 6.23 Å². The summed E-state index contributed by atoms with van der Waals surface area (Å²) in [5, 5.41) is 19.0. The van der Waals surface area contributed by atoms with Gasteiger partial charge in [-0.3, -0.25) is 4.57 Å². The number of nitrogens with zero attached hydrogens (tertiary/aromatic N) is 4. The Morgan fingerprint density at radius 2 is 2.18 bits per heavy atom. The van der Waals surface area contributed by atoms with Crippen molar-refractivity contribution in [1.29, 1.82) is 0 Å². The first-order valence-corrected chi connectivity index (χ1v) is 6.26. The van der Waals surface area contributed by atoms with Crippen molar-refractivity contribution < 1.29 is 28.1 Å². The molecule has 0 aliphatic carbocycles. The van der Waals surface area contributed by atoms with Gasteiger partial charge in [-0.05, 0) is 0 Å². The fourth-order valence-electron chi connectivity index (χ4n) is 2.41. The highest BCUT2D eigenvalue weighted by atomic mass is 19.1. The minimum Gasteiger partial charge on any atom is -0.393 e. The van der Waals surface area contributed by atoms with Crippen LogP contribution in [0.15, 0.2) is 6.33 Å². The van der Waals surface area contributed by atoms with Crippen molar-refractivity contribution in [3.8, 4) is 0 Å². The fraction of sp³-hybridized carbons (Fsp3) is 0.545. The summed E-state index contributed by atoms with van der Waals surface area (Å²) in [6, 6.07) is 0. The number of halogens is 3. The molecule has 4 N–H and O–H groups in total. The lowest BCUT2D eigenvalue weighted by molar-refractivity contribution is -0.136. The molecule has 11 heteroatoms. The van der Waals surface area contributed by atoms with Gasteiger partial charge >= 0.3 is 6.08 Å². The third-order valence-electron chi connectivity index (χ3n) is 3.66. The van der Waals surface area contributed by atoms with Crippen molar-refractivity contribution in [2.45, 2.75) is 24.1 Å². The Bertz CT molecular complexity index is 708. The van der Waals surface area contributed by atoms with Gasteiger partial charge in [0.2, 0.25) is 0 Å². The number of nitrogens with two attached hydrogens (primary N) is 1. The highest BCUT2D eigenvalue weighted by molar-refractivity contribution is 5.81. The molecule has 3 heterocycles. The van der Waals surface area contributed by atoms with Crippen molar-refractivity contribution in [3.63, 3.8) is 0 Å². The van der Waals surface area contributed by atoms with Crippen molar-refractivity contribution in [2.24, 2.45) is 0 Å². The summed E-state index contributed by atoms with van der Waals surface area (Å²) in [5.41, 5.74) is 3.23. The highest BCUT2D eigenvalue weighted by Crippen LogP contribution is 2.40. The van der Waals surface area contributed by atoms with Gasteiger partial charge in [-0.2, -0.15) is 14.4 Å². The third-order valence-corrected chi connectivity index (χ3v) is 3.66. The Labute approximate surface area is 121 Å². The van der Waals surface area contributed by atoms with Crippen LogP contribution in [0.5, 0.6) is 0 Å². The van der Waals surface area contributed by atoms with Gasteiger partial charge in [0.15, 0.2) is 35.0 Å². The van der Waals surface area contributed by atoms with E-state index in [1.807, 2.05) is 0 Å². The van der Waals surface area contributed by atoms with E-state index in [2.05, 4.69) is 15.0 Å². The Kier molecular flexibility index (Phi) is 3.42. The van der Waals surface area contributed by atoms with E-state index in [1.54, 1.807) is 0 Å². The number of fused-ring (bicyclic) bond motifs is 1. The van der Waals surface area contributed by atoms with E-state index in [9.17, 15) is 23.4 Å². The van der Waals surface area contributed by atoms with E-state index in [-0.39, 0.29) is 17.0 Å². The summed E-state index contributed by atoms with van der Waals surface area (Å²) in [4.78, 5) is 10.6. The molecule has 4 atom stereocenters. The molecule has 8 nitrogen and oxygen atoms in total. The standard InChI is InChI=1S/C11H12F3N5O3/c12-1-11(2-20)6(21)4(13)9(22-11)19-3-16-5-7(15)17-10(14)18-8(5)19/h3-4,6,9,20-21H,1-2H2,(H2,15,17,18)/t4-,6-,9+,11+/m0/s1. The third kappa shape index (κ3) is 1.93. The number of hydrogen-bond donors (Lipinski definition) is 3. The smallest absolute Gasteiger partial charge is 0.312 e. The molecule has 0 unspecified atom stereocenters. The zero-order valence-electron chi connectivity index (χ0n) is 11.0. The molecule has 2 aromatic heterocycles. The minimum absolute atomic E-state index is 0.00781. The van der Waals surface area contributed by atoms with Crippen LogP contribution in [0.2, 0.25) is 0 Å². The molecule has 3 rings (SSSR count). The first-order valence-electron chi connectivity index (χ1n) is 6.26. The zero-order chi connectivity index (χ0) is 16.1. The summed E-state index contributed by atoms with van der Waals surface area (Å²) in [7, 11) is 0. The van der Waals surface area contributed by atoms with E-state index < -0.39 is 43.5 Å². The molecule has 1 aliphatic rings. The summed E-state index contributed by atoms with van der Waals surface area (Å²) >= 11 is 0. The van der Waals surface area contributed by atoms with Crippen LogP contribution in [0.4, 0.5) is 19.0 Å². The average molecular weight is 319 g/mol. The first-order chi connectivity index (χ1) is 10.4. The molecular weight excluding hydrogens is 307 g/mol. The normalized spacial score (nSPS) is 32.0. The van der Waals surface area contributed by atoms with Crippen LogP contribution >= 0.6 is 0 Å². The van der Waals surface area contributed by atoms with Gasteiger partial charge in [-0.15, -0.1) is 0 Å². The molecule has 22 heavy (non-hydrogen) atoms. The second-order valence-corrected chi connectivity index (χ2v) is 4.96. The quantitative estimate of drug-likeness (QED) is 0.651. The van der Waals surface area contributed by atoms with Crippen LogP contribution in [-0.2, 0) is 4.74 Å². The van der Waals surface area contributed by atoms with Gasteiger partial charge in [-0.25, -0.2) is 13.8 Å². The number of nitrogen functional groups attached to an aromatic ring is 1. The van der Waals surface area contributed by atoms with Crippen molar-refractivity contribution in [2.75, 3.05) is 19.0 Å². The summed E-state index contributed by atoms with van der Waals surface area (Å²) in [5.74, 6) is -0.255. The molecule has 1 aliphatic heterocycles. The zero-order valence-corrected chi connectivity index (χ0v) is 11.0. The Morgan fingerprint density at radius 1 is 1.45 bits per heavy atom. The number of alkyl halides is 2. The lowest BCUT2D eigenvalue weighted by Gasteiger charge is -2.25. The molecule has 0 saturated carbocycles. The number of aliphatic hydroxyl groups excluding tert-OH is 2. The lowest BCUT2D eigenvalue weighted by atomic mass is 9.98. The van der Waals surface area contributed by atoms with Gasteiger partial charge in [0.05, 0.1) is 12.9 Å². The van der Waals surface area contributed by atoms with Crippen LogP contribution in [0, 0.1) is 6.08 Å². The first kappa shape index (κ1) is 14.9. The van der Waals surface area contributed by atoms with Crippen LogP contribution in [-0.4, -0.2) is 60.9 Å². The van der Waals surface area contributed by atoms with Crippen molar-refractivity contribution in [1.82, 2.24) is 19.5 Å². The van der Waals surface area contributed by atoms with Gasteiger partial charge in [0.1, 0.15) is 12.8 Å². The number of anilines is 1. The molecular formula is C11H12F3N5O3. The Balaban J connectivity index is 2.09. The molecule has 1 saturated heterocycles. The summed E-state index contributed by atoms with van der Waals surface area (Å²) < 4.78 is 46.8. The molecule has 0 aromatic carbocycles. The van der Waals surface area contributed by atoms with Crippen LogP contribution in [0.25, 0.3) is 11.2 Å². The molecule has 120 valence electrons. The van der Waals surface area contributed by atoms with E-state index >= 15 is 0 Å². The topological polar surface area (TPSA) is 119 Å². The molecule has 2 aromatic rings. The largest absolute Gasteiger partial charge is 0.393 e. The van der Waals surface area contributed by atoms with Crippen molar-refractivity contribution >= 4 is 17.0 Å². The number of ether oxygens (including phenoxy) is 1. The second-order valence-electron chi connectivity index (χ2n) is 4.96. The number of aliphatic hydroxyl groups is 2. The molecule has 0 amide bonds. The monoisotopic (exact) mass is 319 g/mol. The van der Waals surface area contributed by atoms with Crippen molar-refractivity contribution in [3.05, 3.63) is 12.4 Å². The second kappa shape index (κ2) is 5.04.